The number of nitrogens with one attached hydrogen (secondary N) is 2. The first-order valence-electron chi connectivity index (χ1n) is 7.34. The number of carbonyl (C=O) groups excluding carboxylic acids is 2. The normalized spacial score (nSPS) is 15.1. The van der Waals surface area contributed by atoms with E-state index in [9.17, 15) is 19.7 Å². The van der Waals surface area contributed by atoms with Gasteiger partial charge in [0.15, 0.2) is 0 Å². The summed E-state index contributed by atoms with van der Waals surface area (Å²) in [5.74, 6) is -0.883. The number of carbonyl (C=O) groups is 2. The third-order valence-corrected chi connectivity index (χ3v) is 3.87. The lowest BCUT2D eigenvalue weighted by molar-refractivity contribution is -0.385. The van der Waals surface area contributed by atoms with Gasteiger partial charge in [-0.25, -0.2) is 0 Å². The van der Waals surface area contributed by atoms with Gasteiger partial charge in [0.1, 0.15) is 5.56 Å². The lowest BCUT2D eigenvalue weighted by Crippen LogP contribution is -2.36. The molecule has 2 amide bonds. The van der Waals surface area contributed by atoms with Crippen LogP contribution in [0.1, 0.15) is 52.8 Å². The molecule has 2 rings (SSSR count). The number of amides is 2. The molecule has 0 atom stereocenters. The van der Waals surface area contributed by atoms with Crippen molar-refractivity contribution in [3.8, 4) is 0 Å². The van der Waals surface area contributed by atoms with Gasteiger partial charge in [-0.05, 0) is 25.0 Å². The van der Waals surface area contributed by atoms with Crippen LogP contribution in [0.2, 0.25) is 0 Å². The standard InChI is InChI=1S/C15H19N3O4/c1-16-14(19)10-7-8-13(18(21)22)12(9-10)15(20)17-11-5-3-2-4-6-11/h7-9,11H,2-6H2,1H3,(H,16,19)(H,17,20). The van der Waals surface area contributed by atoms with E-state index in [0.717, 1.165) is 32.1 Å². The lowest BCUT2D eigenvalue weighted by Gasteiger charge is -2.22. The van der Waals surface area contributed by atoms with Crippen LogP contribution in [-0.2, 0) is 0 Å². The van der Waals surface area contributed by atoms with Crippen LogP contribution in [0.3, 0.4) is 0 Å². The first-order valence-corrected chi connectivity index (χ1v) is 7.34. The van der Waals surface area contributed by atoms with E-state index in [0.29, 0.717) is 0 Å². The summed E-state index contributed by atoms with van der Waals surface area (Å²) in [6.45, 7) is 0. The topological polar surface area (TPSA) is 101 Å². The van der Waals surface area contributed by atoms with Gasteiger partial charge in [-0.15, -0.1) is 0 Å². The van der Waals surface area contributed by atoms with E-state index in [1.165, 1.54) is 25.2 Å². The highest BCUT2D eigenvalue weighted by molar-refractivity contribution is 6.02. The quantitative estimate of drug-likeness (QED) is 0.656. The Morgan fingerprint density at radius 1 is 1.18 bits per heavy atom. The number of nitrogens with zero attached hydrogens (tertiary/aromatic N) is 1. The van der Waals surface area contributed by atoms with Crippen molar-refractivity contribution in [2.24, 2.45) is 0 Å². The first kappa shape index (κ1) is 15.9. The van der Waals surface area contributed by atoms with Crippen molar-refractivity contribution in [2.45, 2.75) is 38.1 Å². The van der Waals surface area contributed by atoms with Crippen LogP contribution in [-0.4, -0.2) is 29.8 Å². The molecule has 0 aliphatic heterocycles. The molecule has 0 saturated heterocycles. The second-order valence-electron chi connectivity index (χ2n) is 5.38. The average molecular weight is 305 g/mol. The van der Waals surface area contributed by atoms with Gasteiger partial charge in [-0.2, -0.15) is 0 Å². The zero-order valence-electron chi connectivity index (χ0n) is 12.4. The predicted molar refractivity (Wildman–Crippen MR) is 80.8 cm³/mol. The Bertz CT molecular complexity index is 594. The number of rotatable bonds is 4. The third kappa shape index (κ3) is 3.60. The molecule has 1 aliphatic rings. The van der Waals surface area contributed by atoms with Crippen LogP contribution in [0.4, 0.5) is 5.69 Å². The van der Waals surface area contributed by atoms with Gasteiger partial charge in [0.2, 0.25) is 0 Å². The molecule has 1 aromatic carbocycles. The minimum Gasteiger partial charge on any atom is -0.355 e. The van der Waals surface area contributed by atoms with Gasteiger partial charge in [0.05, 0.1) is 4.92 Å². The largest absolute Gasteiger partial charge is 0.355 e. The van der Waals surface area contributed by atoms with Gasteiger partial charge in [0, 0.05) is 24.7 Å². The number of nitro groups is 1. The highest BCUT2D eigenvalue weighted by Crippen LogP contribution is 2.22. The molecule has 7 nitrogen and oxygen atoms in total. The highest BCUT2D eigenvalue weighted by Gasteiger charge is 2.24. The maximum absolute atomic E-state index is 12.4. The molecular formula is C15H19N3O4. The van der Waals surface area contributed by atoms with E-state index < -0.39 is 10.8 Å². The molecule has 22 heavy (non-hydrogen) atoms. The summed E-state index contributed by atoms with van der Waals surface area (Å²) < 4.78 is 0. The Hall–Kier alpha value is -2.44. The van der Waals surface area contributed by atoms with Crippen LogP contribution in [0.15, 0.2) is 18.2 Å². The molecule has 0 unspecified atom stereocenters. The Morgan fingerprint density at radius 3 is 2.45 bits per heavy atom. The van der Waals surface area contributed by atoms with Crippen molar-refractivity contribution < 1.29 is 14.5 Å². The van der Waals surface area contributed by atoms with E-state index in [1.54, 1.807) is 0 Å². The Morgan fingerprint density at radius 2 is 1.86 bits per heavy atom. The van der Waals surface area contributed by atoms with E-state index in [-0.39, 0.29) is 28.8 Å². The molecule has 1 aromatic rings. The number of hydrogen-bond acceptors (Lipinski definition) is 4. The predicted octanol–water partition coefficient (Wildman–Crippen LogP) is 2.02. The molecule has 0 aromatic heterocycles. The Balaban J connectivity index is 2.27. The van der Waals surface area contributed by atoms with Gasteiger partial charge in [-0.1, -0.05) is 19.3 Å². The zero-order chi connectivity index (χ0) is 16.1. The summed E-state index contributed by atoms with van der Waals surface area (Å²) in [6, 6.07) is 3.86. The number of nitro benzene ring substituents is 1. The van der Waals surface area contributed by atoms with E-state index in [2.05, 4.69) is 10.6 Å². The minimum absolute atomic E-state index is 0.0458. The average Bonchev–Trinajstić information content (AvgIpc) is 2.54. The molecule has 0 heterocycles. The molecule has 1 fully saturated rings. The monoisotopic (exact) mass is 305 g/mol. The van der Waals surface area contributed by atoms with Crippen LogP contribution in [0.5, 0.6) is 0 Å². The SMILES string of the molecule is CNC(=O)c1ccc([N+](=O)[O-])c(C(=O)NC2CCCCC2)c1. The Kier molecular flexibility index (Phi) is 5.08. The van der Waals surface area contributed by atoms with Crippen LogP contribution >= 0.6 is 0 Å². The summed E-state index contributed by atoms with van der Waals surface area (Å²) in [6.07, 6.45) is 5.01. The van der Waals surface area contributed by atoms with Crippen LogP contribution in [0, 0.1) is 10.1 Å². The van der Waals surface area contributed by atoms with Gasteiger partial charge in [0.25, 0.3) is 17.5 Å². The Labute approximate surface area is 128 Å². The summed E-state index contributed by atoms with van der Waals surface area (Å²) in [5.41, 5.74) is -0.139. The molecule has 0 spiro atoms. The second-order valence-corrected chi connectivity index (χ2v) is 5.38. The third-order valence-electron chi connectivity index (χ3n) is 3.87. The summed E-state index contributed by atoms with van der Waals surface area (Å²) in [7, 11) is 1.46. The van der Waals surface area contributed by atoms with Crippen LogP contribution < -0.4 is 10.6 Å². The molecule has 7 heteroatoms. The lowest BCUT2D eigenvalue weighted by atomic mass is 9.95. The van der Waals surface area contributed by atoms with E-state index in [4.69, 9.17) is 0 Å². The van der Waals surface area contributed by atoms with Gasteiger partial charge < -0.3 is 10.6 Å². The first-order chi connectivity index (χ1) is 10.5. The molecule has 0 bridgehead atoms. The van der Waals surface area contributed by atoms with E-state index >= 15 is 0 Å². The zero-order valence-corrected chi connectivity index (χ0v) is 12.4. The van der Waals surface area contributed by atoms with Crippen molar-refractivity contribution in [3.63, 3.8) is 0 Å². The molecule has 118 valence electrons. The molecule has 1 saturated carbocycles. The summed E-state index contributed by atoms with van der Waals surface area (Å²) >= 11 is 0. The molecule has 2 N–H and O–H groups in total. The summed E-state index contributed by atoms with van der Waals surface area (Å²) in [5, 5.41) is 16.4. The summed E-state index contributed by atoms with van der Waals surface area (Å²) in [4.78, 5) is 34.5. The fourth-order valence-corrected chi connectivity index (χ4v) is 2.67. The van der Waals surface area contributed by atoms with Crippen molar-refractivity contribution in [3.05, 3.63) is 39.4 Å². The number of benzene rings is 1. The number of hydrogen-bond donors (Lipinski definition) is 2. The molecular weight excluding hydrogens is 286 g/mol. The molecule has 0 radical (unpaired) electrons. The maximum Gasteiger partial charge on any atom is 0.282 e. The van der Waals surface area contributed by atoms with Crippen molar-refractivity contribution in [1.29, 1.82) is 0 Å². The maximum atomic E-state index is 12.4. The smallest absolute Gasteiger partial charge is 0.282 e. The van der Waals surface area contributed by atoms with Gasteiger partial charge >= 0.3 is 0 Å². The van der Waals surface area contributed by atoms with E-state index in [1.807, 2.05) is 0 Å². The van der Waals surface area contributed by atoms with Gasteiger partial charge in [-0.3, -0.25) is 19.7 Å². The highest BCUT2D eigenvalue weighted by atomic mass is 16.6. The van der Waals surface area contributed by atoms with Crippen molar-refractivity contribution in [1.82, 2.24) is 10.6 Å². The molecule has 1 aliphatic carbocycles. The van der Waals surface area contributed by atoms with Crippen molar-refractivity contribution >= 4 is 17.5 Å². The minimum atomic E-state index is -0.608. The fraction of sp³-hybridized carbons (Fsp3) is 0.467. The fourth-order valence-electron chi connectivity index (χ4n) is 2.67. The van der Waals surface area contributed by atoms with Crippen LogP contribution in [0.25, 0.3) is 0 Å². The van der Waals surface area contributed by atoms with Crippen molar-refractivity contribution in [2.75, 3.05) is 7.05 Å². The second kappa shape index (κ2) is 7.02.